The third kappa shape index (κ3) is 2.18. The van der Waals surface area contributed by atoms with Crippen molar-refractivity contribution in [3.8, 4) is 0 Å². The number of rotatable bonds is 4. The molecular weight excluding hydrogens is 236 g/mol. The van der Waals surface area contributed by atoms with Gasteiger partial charge in [0.1, 0.15) is 5.82 Å². The van der Waals surface area contributed by atoms with Crippen LogP contribution in [0.3, 0.4) is 0 Å². The number of nitrogens with one attached hydrogen (secondary N) is 1. The Morgan fingerprint density at radius 3 is 2.61 bits per heavy atom. The lowest BCUT2D eigenvalue weighted by Gasteiger charge is -2.31. The van der Waals surface area contributed by atoms with Gasteiger partial charge in [-0.1, -0.05) is 12.8 Å². The van der Waals surface area contributed by atoms with Crippen LogP contribution in [0.25, 0.3) is 0 Å². The zero-order valence-corrected chi connectivity index (χ0v) is 10.2. The number of halogens is 2. The predicted octanol–water partition coefficient (Wildman–Crippen LogP) is 3.55. The fourth-order valence-electron chi connectivity index (χ4n) is 3.08. The van der Waals surface area contributed by atoms with Gasteiger partial charge >= 0.3 is 0 Å². The van der Waals surface area contributed by atoms with Gasteiger partial charge in [0.15, 0.2) is 5.82 Å². The molecule has 98 valence electrons. The van der Waals surface area contributed by atoms with Crippen molar-refractivity contribution in [2.24, 2.45) is 5.92 Å². The highest BCUT2D eigenvalue weighted by Crippen LogP contribution is 2.49. The first-order valence-electron chi connectivity index (χ1n) is 6.59. The van der Waals surface area contributed by atoms with E-state index in [2.05, 4.69) is 15.3 Å². The molecule has 1 aromatic rings. The lowest BCUT2D eigenvalue weighted by atomic mass is 9.91. The highest BCUT2D eigenvalue weighted by atomic mass is 19.3. The molecule has 0 bridgehead atoms. The number of hydrogen-bond donors (Lipinski definition) is 1. The topological polar surface area (TPSA) is 37.8 Å². The van der Waals surface area contributed by atoms with Crippen LogP contribution in [0.5, 0.6) is 0 Å². The number of aromatic nitrogens is 2. The fraction of sp³-hybridized carbons (Fsp3) is 0.692. The minimum Gasteiger partial charge on any atom is -0.364 e. The first kappa shape index (κ1) is 11.8. The molecule has 0 amide bonds. The van der Waals surface area contributed by atoms with Crippen LogP contribution in [0, 0.1) is 5.92 Å². The predicted molar refractivity (Wildman–Crippen MR) is 64.5 cm³/mol. The van der Waals surface area contributed by atoms with E-state index in [-0.39, 0.29) is 11.4 Å². The van der Waals surface area contributed by atoms with Gasteiger partial charge in [0, 0.05) is 11.7 Å². The molecule has 1 aromatic heterocycles. The maximum Gasteiger partial charge on any atom is 0.297 e. The Morgan fingerprint density at radius 1 is 1.28 bits per heavy atom. The normalized spacial score (nSPS) is 22.4. The summed E-state index contributed by atoms with van der Waals surface area (Å²) in [6, 6.07) is 1.69. The van der Waals surface area contributed by atoms with Gasteiger partial charge in [-0.25, -0.2) is 18.7 Å². The third-order valence-corrected chi connectivity index (χ3v) is 4.10. The molecule has 0 aromatic carbocycles. The minimum atomic E-state index is -2.60. The maximum atomic E-state index is 12.6. The van der Waals surface area contributed by atoms with Crippen LogP contribution in [0.2, 0.25) is 0 Å². The standard InChI is InChI=1S/C13H17F2N3/c14-11(15)12-16-8-5-10(17-12)18-13(9-3-4-9)6-1-2-7-13/h5,8-9,11H,1-4,6-7H2,(H,16,17,18). The monoisotopic (exact) mass is 253 g/mol. The van der Waals surface area contributed by atoms with Crippen LogP contribution < -0.4 is 5.32 Å². The van der Waals surface area contributed by atoms with Crippen molar-refractivity contribution >= 4 is 5.82 Å². The smallest absolute Gasteiger partial charge is 0.297 e. The van der Waals surface area contributed by atoms with E-state index in [1.165, 1.54) is 31.9 Å². The van der Waals surface area contributed by atoms with Crippen LogP contribution in [0.4, 0.5) is 14.6 Å². The summed E-state index contributed by atoms with van der Waals surface area (Å²) in [7, 11) is 0. The van der Waals surface area contributed by atoms with Gasteiger partial charge in [-0.3, -0.25) is 0 Å². The van der Waals surface area contributed by atoms with Gasteiger partial charge in [-0.2, -0.15) is 0 Å². The molecule has 18 heavy (non-hydrogen) atoms. The molecule has 2 aliphatic rings. The molecule has 3 rings (SSSR count). The molecule has 3 nitrogen and oxygen atoms in total. The van der Waals surface area contributed by atoms with Crippen molar-refractivity contribution < 1.29 is 8.78 Å². The summed E-state index contributed by atoms with van der Waals surface area (Å²) in [5.41, 5.74) is 0.105. The van der Waals surface area contributed by atoms with Crippen LogP contribution >= 0.6 is 0 Å². The van der Waals surface area contributed by atoms with Crippen molar-refractivity contribution in [3.05, 3.63) is 18.1 Å². The average molecular weight is 253 g/mol. The molecule has 0 saturated heterocycles. The highest BCUT2D eigenvalue weighted by Gasteiger charge is 2.46. The molecule has 1 N–H and O–H groups in total. The molecular formula is C13H17F2N3. The van der Waals surface area contributed by atoms with Crippen LogP contribution in [-0.4, -0.2) is 15.5 Å². The van der Waals surface area contributed by atoms with Crippen LogP contribution in [-0.2, 0) is 0 Å². The van der Waals surface area contributed by atoms with Crippen molar-refractivity contribution in [2.75, 3.05) is 5.32 Å². The molecule has 2 aliphatic carbocycles. The minimum absolute atomic E-state index is 0.105. The van der Waals surface area contributed by atoms with E-state index < -0.39 is 6.43 Å². The van der Waals surface area contributed by atoms with Crippen molar-refractivity contribution in [2.45, 2.75) is 50.5 Å². The molecule has 0 spiro atoms. The Kier molecular flexibility index (Phi) is 2.92. The number of anilines is 1. The Bertz CT molecular complexity index is 426. The summed E-state index contributed by atoms with van der Waals surface area (Å²) in [4.78, 5) is 7.51. The molecule has 0 radical (unpaired) electrons. The first-order chi connectivity index (χ1) is 8.70. The quantitative estimate of drug-likeness (QED) is 0.891. The van der Waals surface area contributed by atoms with E-state index in [4.69, 9.17) is 0 Å². The van der Waals surface area contributed by atoms with E-state index in [1.54, 1.807) is 6.07 Å². The van der Waals surface area contributed by atoms with E-state index in [9.17, 15) is 8.78 Å². The SMILES string of the molecule is FC(F)c1nccc(NC2(C3CC3)CCCC2)n1. The Hall–Kier alpha value is -1.26. The van der Waals surface area contributed by atoms with Gasteiger partial charge in [0.05, 0.1) is 0 Å². The molecule has 2 fully saturated rings. The van der Waals surface area contributed by atoms with Gasteiger partial charge in [0.2, 0.25) is 0 Å². The number of hydrogen-bond acceptors (Lipinski definition) is 3. The zero-order valence-electron chi connectivity index (χ0n) is 10.2. The zero-order chi connectivity index (χ0) is 12.6. The first-order valence-corrected chi connectivity index (χ1v) is 6.59. The molecule has 0 aliphatic heterocycles. The van der Waals surface area contributed by atoms with Crippen molar-refractivity contribution in [1.82, 2.24) is 9.97 Å². The summed E-state index contributed by atoms with van der Waals surface area (Å²) in [6.07, 6.45) is 6.00. The maximum absolute atomic E-state index is 12.6. The Morgan fingerprint density at radius 2 is 2.00 bits per heavy atom. The largest absolute Gasteiger partial charge is 0.364 e. The van der Waals surface area contributed by atoms with E-state index in [1.807, 2.05) is 0 Å². The molecule has 5 heteroatoms. The molecule has 2 saturated carbocycles. The van der Waals surface area contributed by atoms with Crippen LogP contribution in [0.15, 0.2) is 12.3 Å². The lowest BCUT2D eigenvalue weighted by molar-refractivity contribution is 0.140. The molecule has 0 unspecified atom stereocenters. The average Bonchev–Trinajstić information content (AvgIpc) is 3.12. The van der Waals surface area contributed by atoms with E-state index in [0.29, 0.717) is 11.7 Å². The number of alkyl halides is 2. The van der Waals surface area contributed by atoms with Gasteiger partial charge < -0.3 is 5.32 Å². The fourth-order valence-corrected chi connectivity index (χ4v) is 3.08. The highest BCUT2D eigenvalue weighted by molar-refractivity contribution is 5.38. The second-order valence-electron chi connectivity index (χ2n) is 5.36. The second kappa shape index (κ2) is 4.44. The van der Waals surface area contributed by atoms with Crippen molar-refractivity contribution in [1.29, 1.82) is 0 Å². The van der Waals surface area contributed by atoms with Crippen molar-refractivity contribution in [3.63, 3.8) is 0 Å². The number of nitrogens with zero attached hydrogens (tertiary/aromatic N) is 2. The van der Waals surface area contributed by atoms with Gasteiger partial charge in [0.25, 0.3) is 6.43 Å². The Balaban J connectivity index is 1.80. The van der Waals surface area contributed by atoms with Crippen LogP contribution in [0.1, 0.15) is 50.8 Å². The van der Waals surface area contributed by atoms with E-state index in [0.717, 1.165) is 12.8 Å². The summed E-state index contributed by atoms with van der Waals surface area (Å²) in [6.45, 7) is 0. The third-order valence-electron chi connectivity index (χ3n) is 4.10. The summed E-state index contributed by atoms with van der Waals surface area (Å²) < 4.78 is 25.1. The van der Waals surface area contributed by atoms with Gasteiger partial charge in [-0.05, 0) is 37.7 Å². The lowest BCUT2D eigenvalue weighted by Crippen LogP contribution is -2.37. The summed E-state index contributed by atoms with van der Waals surface area (Å²) in [5, 5.41) is 3.43. The Labute approximate surface area is 105 Å². The molecule has 1 heterocycles. The van der Waals surface area contributed by atoms with E-state index >= 15 is 0 Å². The summed E-state index contributed by atoms with van der Waals surface area (Å²) >= 11 is 0. The molecule has 0 atom stereocenters. The summed E-state index contributed by atoms with van der Waals surface area (Å²) in [5.74, 6) is 0.864. The second-order valence-corrected chi connectivity index (χ2v) is 5.36. The van der Waals surface area contributed by atoms with Gasteiger partial charge in [-0.15, -0.1) is 0 Å².